The molecule has 0 bridgehead atoms. The number of esters is 2. The second-order valence-corrected chi connectivity index (χ2v) is 9.24. The van der Waals surface area contributed by atoms with Gasteiger partial charge in [0.25, 0.3) is 5.56 Å². The first-order chi connectivity index (χ1) is 15.6. The molecule has 0 saturated carbocycles. The first-order valence-corrected chi connectivity index (χ1v) is 11.5. The Labute approximate surface area is 196 Å². The van der Waals surface area contributed by atoms with Gasteiger partial charge in [-0.2, -0.15) is 0 Å². The third kappa shape index (κ3) is 5.34. The van der Waals surface area contributed by atoms with Crippen molar-refractivity contribution in [2.24, 2.45) is 0 Å². The number of aryl methyl sites for hydroxylation is 2. The standard InChI is InChI=1S/C21H22N4O6S2/c1-6-7-30-19(28)16-12(5)23-21(33-16)24-13(26)8-25-9-22-17-14(18(25)27)11(4)15(32-17)20(29)31-10(2)3/h6,9-10H,1,7-8H2,2-5H3,(H,23,24,26). The molecule has 3 rings (SSSR count). The minimum atomic E-state index is -0.559. The number of anilines is 1. The number of hydrogen-bond acceptors (Lipinski definition) is 10. The maximum atomic E-state index is 13.0. The van der Waals surface area contributed by atoms with Crippen LogP contribution in [0.5, 0.6) is 0 Å². The van der Waals surface area contributed by atoms with E-state index in [9.17, 15) is 19.2 Å². The van der Waals surface area contributed by atoms with Crippen molar-refractivity contribution < 1.29 is 23.9 Å². The number of carbonyl (C=O) groups excluding carboxylic acids is 3. The lowest BCUT2D eigenvalue weighted by molar-refractivity contribution is -0.116. The molecule has 0 aliphatic heterocycles. The Kier molecular flexibility index (Phi) is 7.39. The number of nitrogens with zero attached hydrogens (tertiary/aromatic N) is 3. The monoisotopic (exact) mass is 490 g/mol. The van der Waals surface area contributed by atoms with E-state index >= 15 is 0 Å². The van der Waals surface area contributed by atoms with E-state index in [-0.39, 0.29) is 34.7 Å². The van der Waals surface area contributed by atoms with Crippen molar-refractivity contribution in [2.45, 2.75) is 40.3 Å². The summed E-state index contributed by atoms with van der Waals surface area (Å²) in [6, 6.07) is 0. The number of carbonyl (C=O) groups is 3. The van der Waals surface area contributed by atoms with Gasteiger partial charge in [0, 0.05) is 0 Å². The van der Waals surface area contributed by atoms with Crippen LogP contribution in [0, 0.1) is 13.8 Å². The zero-order valence-electron chi connectivity index (χ0n) is 18.5. The van der Waals surface area contributed by atoms with Crippen LogP contribution in [-0.4, -0.2) is 45.1 Å². The third-order valence-corrected chi connectivity index (χ3v) is 6.55. The van der Waals surface area contributed by atoms with Gasteiger partial charge in [-0.1, -0.05) is 24.0 Å². The predicted molar refractivity (Wildman–Crippen MR) is 125 cm³/mol. The summed E-state index contributed by atoms with van der Waals surface area (Å²) in [5, 5.41) is 3.05. The Balaban J connectivity index is 1.79. The fraction of sp³-hybridized carbons (Fsp3) is 0.333. The highest BCUT2D eigenvalue weighted by Gasteiger charge is 2.22. The molecule has 0 unspecified atom stereocenters. The molecule has 3 aromatic heterocycles. The number of thiazole rings is 1. The number of fused-ring (bicyclic) bond motifs is 1. The molecule has 0 radical (unpaired) electrons. The Morgan fingerprint density at radius 1 is 1.21 bits per heavy atom. The summed E-state index contributed by atoms with van der Waals surface area (Å²) in [4.78, 5) is 59.2. The molecule has 3 aromatic rings. The van der Waals surface area contributed by atoms with Gasteiger partial charge in [-0.05, 0) is 33.3 Å². The lowest BCUT2D eigenvalue weighted by atomic mass is 10.2. The topological polar surface area (TPSA) is 129 Å². The number of amides is 1. The number of thiophene rings is 1. The van der Waals surface area contributed by atoms with E-state index in [0.29, 0.717) is 21.0 Å². The Morgan fingerprint density at radius 3 is 2.61 bits per heavy atom. The Bertz CT molecular complexity index is 1300. The normalized spacial score (nSPS) is 10.9. The average Bonchev–Trinajstić information content (AvgIpc) is 3.27. The van der Waals surface area contributed by atoms with Crippen LogP contribution in [0.3, 0.4) is 0 Å². The van der Waals surface area contributed by atoms with E-state index in [1.807, 2.05) is 0 Å². The van der Waals surface area contributed by atoms with Crippen molar-refractivity contribution in [3.05, 3.63) is 50.3 Å². The first-order valence-electron chi connectivity index (χ1n) is 9.87. The van der Waals surface area contributed by atoms with Gasteiger partial charge in [0.05, 0.1) is 23.5 Å². The molecular weight excluding hydrogens is 468 g/mol. The zero-order valence-corrected chi connectivity index (χ0v) is 20.1. The van der Waals surface area contributed by atoms with E-state index in [1.54, 1.807) is 27.7 Å². The summed E-state index contributed by atoms with van der Waals surface area (Å²) in [5.74, 6) is -1.60. The molecule has 0 fully saturated rings. The smallest absolute Gasteiger partial charge is 0.350 e. The molecule has 0 aliphatic rings. The van der Waals surface area contributed by atoms with Gasteiger partial charge in [-0.25, -0.2) is 19.6 Å². The molecule has 12 heteroatoms. The molecule has 0 spiro atoms. The summed E-state index contributed by atoms with van der Waals surface area (Å²) < 4.78 is 11.4. The summed E-state index contributed by atoms with van der Waals surface area (Å²) in [6.07, 6.45) is 2.41. The Hall–Kier alpha value is -3.38. The summed E-state index contributed by atoms with van der Waals surface area (Å²) in [7, 11) is 0. The van der Waals surface area contributed by atoms with Gasteiger partial charge in [-0.3, -0.25) is 14.2 Å². The summed E-state index contributed by atoms with van der Waals surface area (Å²) in [6.45, 7) is 9.97. The zero-order chi connectivity index (χ0) is 24.3. The van der Waals surface area contributed by atoms with Crippen LogP contribution >= 0.6 is 22.7 Å². The van der Waals surface area contributed by atoms with E-state index in [2.05, 4.69) is 21.9 Å². The largest absolute Gasteiger partial charge is 0.459 e. The molecule has 0 aromatic carbocycles. The van der Waals surface area contributed by atoms with Crippen LogP contribution in [0.1, 0.15) is 44.4 Å². The number of nitrogens with one attached hydrogen (secondary N) is 1. The van der Waals surface area contributed by atoms with Crippen molar-refractivity contribution in [3.8, 4) is 0 Å². The second-order valence-electron chi connectivity index (χ2n) is 7.24. The summed E-state index contributed by atoms with van der Waals surface area (Å²) in [5.41, 5.74) is 0.432. The van der Waals surface area contributed by atoms with Gasteiger partial charge in [-0.15, -0.1) is 11.3 Å². The van der Waals surface area contributed by atoms with Crippen molar-refractivity contribution in [1.82, 2.24) is 14.5 Å². The highest BCUT2D eigenvalue weighted by Crippen LogP contribution is 2.28. The van der Waals surface area contributed by atoms with Crippen LogP contribution in [0.2, 0.25) is 0 Å². The maximum Gasteiger partial charge on any atom is 0.350 e. The highest BCUT2D eigenvalue weighted by atomic mass is 32.1. The summed E-state index contributed by atoms with van der Waals surface area (Å²) >= 11 is 2.05. The van der Waals surface area contributed by atoms with Crippen LogP contribution in [0.15, 0.2) is 23.8 Å². The first kappa shape index (κ1) is 24.3. The van der Waals surface area contributed by atoms with Crippen LogP contribution in [0.4, 0.5) is 5.13 Å². The van der Waals surface area contributed by atoms with Crippen LogP contribution in [-0.2, 0) is 20.8 Å². The van der Waals surface area contributed by atoms with Crippen molar-refractivity contribution in [2.75, 3.05) is 11.9 Å². The second kappa shape index (κ2) is 10.0. The van der Waals surface area contributed by atoms with Gasteiger partial charge >= 0.3 is 11.9 Å². The van der Waals surface area contributed by atoms with Gasteiger partial charge in [0.15, 0.2) is 5.13 Å². The van der Waals surface area contributed by atoms with Crippen molar-refractivity contribution in [3.63, 3.8) is 0 Å². The quantitative estimate of drug-likeness (QED) is 0.377. The van der Waals surface area contributed by atoms with E-state index < -0.39 is 23.4 Å². The number of rotatable bonds is 8. The van der Waals surface area contributed by atoms with Crippen molar-refractivity contribution in [1.29, 1.82) is 0 Å². The number of aromatic nitrogens is 3. The number of hydrogen-bond donors (Lipinski definition) is 1. The third-order valence-electron chi connectivity index (χ3n) is 4.32. The molecule has 3 heterocycles. The lowest BCUT2D eigenvalue weighted by Gasteiger charge is -2.06. The number of ether oxygens (including phenoxy) is 2. The fourth-order valence-electron chi connectivity index (χ4n) is 2.89. The van der Waals surface area contributed by atoms with Crippen molar-refractivity contribution >= 4 is 55.9 Å². The SMILES string of the molecule is C=CCOC(=O)c1sc(NC(=O)Cn2cnc3sc(C(=O)OC(C)C)c(C)c3c2=O)nc1C. The molecule has 1 N–H and O–H groups in total. The van der Waals surface area contributed by atoms with E-state index in [1.165, 1.54) is 12.4 Å². The Morgan fingerprint density at radius 2 is 1.94 bits per heavy atom. The molecule has 0 saturated heterocycles. The highest BCUT2D eigenvalue weighted by molar-refractivity contribution is 7.20. The van der Waals surface area contributed by atoms with E-state index in [4.69, 9.17) is 9.47 Å². The van der Waals surface area contributed by atoms with Crippen LogP contribution < -0.4 is 10.9 Å². The molecule has 10 nitrogen and oxygen atoms in total. The van der Waals surface area contributed by atoms with Gasteiger partial charge < -0.3 is 14.8 Å². The predicted octanol–water partition coefficient (Wildman–Crippen LogP) is 3.08. The van der Waals surface area contributed by atoms with Gasteiger partial charge in [0.1, 0.15) is 27.7 Å². The maximum absolute atomic E-state index is 13.0. The lowest BCUT2D eigenvalue weighted by Crippen LogP contribution is -2.27. The minimum Gasteiger partial charge on any atom is -0.459 e. The molecule has 174 valence electrons. The molecule has 0 aliphatic carbocycles. The molecular formula is C21H22N4O6S2. The van der Waals surface area contributed by atoms with Gasteiger partial charge in [0.2, 0.25) is 5.91 Å². The van der Waals surface area contributed by atoms with E-state index in [0.717, 1.165) is 27.2 Å². The average molecular weight is 491 g/mol. The molecule has 33 heavy (non-hydrogen) atoms. The fourth-order valence-corrected chi connectivity index (χ4v) is 4.79. The molecule has 0 atom stereocenters. The minimum absolute atomic E-state index is 0.0646. The van der Waals surface area contributed by atoms with Crippen LogP contribution in [0.25, 0.3) is 10.2 Å². The molecule has 1 amide bonds.